The number of hydrogen-bond acceptors (Lipinski definition) is 4. The van der Waals surface area contributed by atoms with Crippen molar-refractivity contribution in [2.24, 2.45) is 5.73 Å². The summed E-state index contributed by atoms with van der Waals surface area (Å²) in [5.74, 6) is 0. The molecule has 0 heterocycles. The molecule has 0 fully saturated rings. The van der Waals surface area contributed by atoms with Crippen LogP contribution in [-0.2, 0) is 9.13 Å². The number of hydrogen-bond donors (Lipinski definition) is 6. The van der Waals surface area contributed by atoms with Crippen LogP contribution in [0.3, 0.4) is 0 Å². The van der Waals surface area contributed by atoms with Crippen LogP contribution >= 0.6 is 15.2 Å². The second-order valence-electron chi connectivity index (χ2n) is 1.78. The van der Waals surface area contributed by atoms with E-state index in [0.29, 0.717) is 0 Å². The van der Waals surface area contributed by atoms with E-state index in [1.54, 1.807) is 0 Å². The van der Waals surface area contributed by atoms with Gasteiger partial charge in [-0.2, -0.15) is 0 Å². The molecule has 0 bridgehead atoms. The fourth-order valence-corrected chi connectivity index (χ4v) is 1.53. The van der Waals surface area contributed by atoms with Gasteiger partial charge in [0.15, 0.2) is 0 Å². The SMILES string of the molecule is NC(O)(P(=O)(O)O)P(=O)(O)O. The van der Waals surface area contributed by atoms with E-state index >= 15 is 0 Å². The summed E-state index contributed by atoms with van der Waals surface area (Å²) in [6.45, 7) is 0. The highest BCUT2D eigenvalue weighted by Crippen LogP contribution is 2.63. The molecule has 11 heavy (non-hydrogen) atoms. The molecule has 0 spiro atoms. The molecule has 8 nitrogen and oxygen atoms in total. The minimum absolute atomic E-state index is 3.79. The third-order valence-electron chi connectivity index (χ3n) is 0.857. The summed E-state index contributed by atoms with van der Waals surface area (Å²) in [5.41, 5.74) is 4.30. The van der Waals surface area contributed by atoms with E-state index in [1.807, 2.05) is 0 Å². The van der Waals surface area contributed by atoms with E-state index in [9.17, 15) is 9.13 Å². The Kier molecular flexibility index (Phi) is 2.67. The molecule has 0 saturated carbocycles. The van der Waals surface area contributed by atoms with Crippen LogP contribution in [0.1, 0.15) is 0 Å². The standard InChI is InChI=1S/CH7NO7P2/c2-1(3,10(4,5)6)11(7,8)9/h3H,2H2,(H2,4,5,6)(H2,7,8,9). The van der Waals surface area contributed by atoms with Gasteiger partial charge in [0, 0.05) is 0 Å². The van der Waals surface area contributed by atoms with Crippen LogP contribution in [0.25, 0.3) is 0 Å². The molecule has 0 atom stereocenters. The summed E-state index contributed by atoms with van der Waals surface area (Å²) in [6, 6.07) is 0. The Hall–Kier alpha value is 0.220. The lowest BCUT2D eigenvalue weighted by atomic mass is 11.3. The molecule has 0 amide bonds. The third kappa shape index (κ3) is 2.08. The second kappa shape index (κ2) is 2.62. The summed E-state index contributed by atoms with van der Waals surface area (Å²) in [6.07, 6.45) is 0. The van der Waals surface area contributed by atoms with E-state index in [0.717, 1.165) is 0 Å². The molecular weight excluding hydrogens is 200 g/mol. The Morgan fingerprint density at radius 1 is 1.00 bits per heavy atom. The smallest absolute Gasteiger partial charge is 0.356 e. The quantitative estimate of drug-likeness (QED) is 0.221. The van der Waals surface area contributed by atoms with Crippen molar-refractivity contribution < 1.29 is 33.8 Å². The van der Waals surface area contributed by atoms with Gasteiger partial charge in [-0.1, -0.05) is 0 Å². The van der Waals surface area contributed by atoms with Crippen LogP contribution in [-0.4, -0.2) is 29.9 Å². The van der Waals surface area contributed by atoms with Gasteiger partial charge in [-0.15, -0.1) is 0 Å². The van der Waals surface area contributed by atoms with Crippen molar-refractivity contribution in [3.8, 4) is 0 Å². The molecule has 68 valence electrons. The molecule has 0 radical (unpaired) electrons. The molecule has 0 aliphatic rings. The van der Waals surface area contributed by atoms with Gasteiger partial charge >= 0.3 is 20.4 Å². The molecule has 0 aliphatic heterocycles. The van der Waals surface area contributed by atoms with Gasteiger partial charge < -0.3 is 24.7 Å². The molecule has 0 aliphatic carbocycles. The first kappa shape index (κ1) is 11.2. The summed E-state index contributed by atoms with van der Waals surface area (Å²) in [7, 11) is -10.8. The molecule has 0 aromatic heterocycles. The zero-order chi connectivity index (χ0) is 9.50. The Morgan fingerprint density at radius 3 is 1.18 bits per heavy atom. The van der Waals surface area contributed by atoms with Gasteiger partial charge in [-0.3, -0.25) is 14.9 Å². The first-order valence-electron chi connectivity index (χ1n) is 2.12. The van der Waals surface area contributed by atoms with Gasteiger partial charge in [0.1, 0.15) is 0 Å². The van der Waals surface area contributed by atoms with Gasteiger partial charge in [-0.25, -0.2) is 0 Å². The average Bonchev–Trinajstić information content (AvgIpc) is 1.58. The second-order valence-corrected chi connectivity index (χ2v) is 5.67. The Balaban J connectivity index is 5.08. The Morgan fingerprint density at radius 2 is 1.18 bits per heavy atom. The van der Waals surface area contributed by atoms with Gasteiger partial charge in [-0.05, 0) is 0 Å². The number of rotatable bonds is 2. The Labute approximate surface area is 61.0 Å². The maximum absolute atomic E-state index is 10.1. The van der Waals surface area contributed by atoms with Crippen LogP contribution in [0.5, 0.6) is 0 Å². The van der Waals surface area contributed by atoms with Crippen molar-refractivity contribution in [1.82, 2.24) is 0 Å². The Bertz CT molecular complexity index is 209. The topological polar surface area (TPSA) is 161 Å². The van der Waals surface area contributed by atoms with Crippen LogP contribution in [0.2, 0.25) is 0 Å². The van der Waals surface area contributed by atoms with E-state index in [1.165, 1.54) is 0 Å². The lowest BCUT2D eigenvalue weighted by molar-refractivity contribution is 0.136. The molecule has 0 aromatic rings. The highest BCUT2D eigenvalue weighted by Gasteiger charge is 2.56. The first-order chi connectivity index (χ1) is 4.50. The molecular formula is CH7NO7P2. The lowest BCUT2D eigenvalue weighted by Gasteiger charge is -2.23. The molecule has 10 heteroatoms. The van der Waals surface area contributed by atoms with Gasteiger partial charge in [0.25, 0.3) is 0 Å². The van der Waals surface area contributed by atoms with Crippen molar-refractivity contribution in [1.29, 1.82) is 0 Å². The fraction of sp³-hybridized carbons (Fsp3) is 1.00. The van der Waals surface area contributed by atoms with Crippen LogP contribution in [0.4, 0.5) is 0 Å². The van der Waals surface area contributed by atoms with E-state index < -0.39 is 20.4 Å². The van der Waals surface area contributed by atoms with Gasteiger partial charge in [0.2, 0.25) is 0 Å². The zero-order valence-electron chi connectivity index (χ0n) is 5.02. The lowest BCUT2D eigenvalue weighted by Crippen LogP contribution is -2.38. The summed E-state index contributed by atoms with van der Waals surface area (Å²) in [5, 5.41) is 4.65. The van der Waals surface area contributed by atoms with Crippen molar-refractivity contribution in [3.63, 3.8) is 0 Å². The van der Waals surface area contributed by atoms with Crippen LogP contribution < -0.4 is 5.73 Å². The highest BCUT2D eigenvalue weighted by atomic mass is 31.2. The summed E-state index contributed by atoms with van der Waals surface area (Å²) in [4.78, 5) is 32.5. The van der Waals surface area contributed by atoms with Crippen molar-refractivity contribution in [3.05, 3.63) is 0 Å². The predicted octanol–water partition coefficient (Wildman–Crippen LogP) is -2.10. The first-order valence-corrected chi connectivity index (χ1v) is 5.35. The number of aliphatic hydroxyl groups is 1. The van der Waals surface area contributed by atoms with Gasteiger partial charge in [0.05, 0.1) is 0 Å². The summed E-state index contributed by atoms with van der Waals surface area (Å²) < 4.78 is 20.3. The van der Waals surface area contributed by atoms with Crippen molar-refractivity contribution >= 4 is 15.2 Å². The highest BCUT2D eigenvalue weighted by molar-refractivity contribution is 7.71. The molecule has 0 aromatic carbocycles. The third-order valence-corrected chi connectivity index (χ3v) is 4.14. The molecule has 0 rings (SSSR count). The minimum Gasteiger partial charge on any atom is -0.356 e. The van der Waals surface area contributed by atoms with Crippen LogP contribution in [0, 0.1) is 0 Å². The maximum atomic E-state index is 10.1. The van der Waals surface area contributed by atoms with E-state index in [4.69, 9.17) is 24.7 Å². The van der Waals surface area contributed by atoms with Crippen LogP contribution in [0.15, 0.2) is 0 Å². The maximum Gasteiger partial charge on any atom is 0.384 e. The van der Waals surface area contributed by atoms with Crippen molar-refractivity contribution in [2.75, 3.05) is 0 Å². The molecule has 0 saturated heterocycles. The predicted molar refractivity (Wildman–Crippen MR) is 33.2 cm³/mol. The minimum atomic E-state index is -5.42. The zero-order valence-corrected chi connectivity index (χ0v) is 6.81. The largest absolute Gasteiger partial charge is 0.384 e. The van der Waals surface area contributed by atoms with Crippen molar-refractivity contribution in [2.45, 2.75) is 5.21 Å². The molecule has 0 unspecified atom stereocenters. The molecule has 7 N–H and O–H groups in total. The fourth-order valence-electron chi connectivity index (χ4n) is 0.170. The monoisotopic (exact) mass is 207 g/mol. The average molecular weight is 207 g/mol. The van der Waals surface area contributed by atoms with E-state index in [2.05, 4.69) is 5.73 Å². The number of nitrogens with two attached hydrogens (primary N) is 1. The van der Waals surface area contributed by atoms with E-state index in [-0.39, 0.29) is 0 Å². The summed E-state index contributed by atoms with van der Waals surface area (Å²) >= 11 is 0. The normalized spacial score (nSPS) is 15.1.